The maximum atomic E-state index is 12.3. The minimum absolute atomic E-state index is 0.167. The van der Waals surface area contributed by atoms with Crippen molar-refractivity contribution in [1.29, 1.82) is 0 Å². The van der Waals surface area contributed by atoms with Gasteiger partial charge in [-0.15, -0.1) is 6.58 Å². The number of thiocarbonyl (C=S) groups is 1. The molecule has 1 fully saturated rings. The predicted octanol–water partition coefficient (Wildman–Crippen LogP) is 4.34. The molecule has 0 spiro atoms. The van der Waals surface area contributed by atoms with Crippen molar-refractivity contribution in [3.05, 3.63) is 64.8 Å². The summed E-state index contributed by atoms with van der Waals surface area (Å²) in [6.45, 7) is 5.83. The molecule has 1 aromatic heterocycles. The van der Waals surface area contributed by atoms with E-state index in [-0.39, 0.29) is 11.5 Å². The molecule has 2 aromatic rings. The Balaban J connectivity index is 1.87. The van der Waals surface area contributed by atoms with Crippen molar-refractivity contribution in [3.8, 4) is 11.3 Å². The van der Waals surface area contributed by atoms with Crippen LogP contribution in [0.5, 0.6) is 0 Å². The summed E-state index contributed by atoms with van der Waals surface area (Å²) in [6.07, 6.45) is 3.29. The fraction of sp³-hybridized carbons (Fsp3) is 0.105. The van der Waals surface area contributed by atoms with Gasteiger partial charge in [-0.25, -0.2) is 4.79 Å². The summed E-state index contributed by atoms with van der Waals surface area (Å²) in [6, 6.07) is 8.40. The van der Waals surface area contributed by atoms with Crippen molar-refractivity contribution in [3.63, 3.8) is 0 Å². The molecule has 0 atom stereocenters. The second kappa shape index (κ2) is 7.31. The Morgan fingerprint density at radius 1 is 1.38 bits per heavy atom. The van der Waals surface area contributed by atoms with Crippen LogP contribution in [0.15, 0.2) is 52.3 Å². The number of carbonyl (C=O) groups is 2. The van der Waals surface area contributed by atoms with Crippen LogP contribution in [0.3, 0.4) is 0 Å². The molecule has 1 N–H and O–H groups in total. The Morgan fingerprint density at radius 2 is 2.15 bits per heavy atom. The van der Waals surface area contributed by atoms with Gasteiger partial charge in [0.25, 0.3) is 5.91 Å². The van der Waals surface area contributed by atoms with Crippen LogP contribution in [-0.4, -0.2) is 32.7 Å². The van der Waals surface area contributed by atoms with E-state index < -0.39 is 5.97 Å². The van der Waals surface area contributed by atoms with Gasteiger partial charge in [0, 0.05) is 18.2 Å². The van der Waals surface area contributed by atoms with Crippen LogP contribution in [-0.2, 0) is 4.79 Å². The third kappa shape index (κ3) is 3.49. The monoisotopic (exact) mass is 385 g/mol. The Labute approximate surface area is 160 Å². The van der Waals surface area contributed by atoms with Gasteiger partial charge in [-0.05, 0) is 36.8 Å². The second-order valence-corrected chi connectivity index (χ2v) is 7.29. The fourth-order valence-electron chi connectivity index (χ4n) is 2.56. The van der Waals surface area contributed by atoms with Gasteiger partial charge in [-0.2, -0.15) is 0 Å². The quantitative estimate of drug-likeness (QED) is 0.469. The van der Waals surface area contributed by atoms with Crippen LogP contribution < -0.4 is 0 Å². The van der Waals surface area contributed by atoms with Gasteiger partial charge in [-0.1, -0.05) is 36.1 Å². The topological polar surface area (TPSA) is 70.8 Å². The van der Waals surface area contributed by atoms with Crippen molar-refractivity contribution in [2.75, 3.05) is 6.54 Å². The van der Waals surface area contributed by atoms with Gasteiger partial charge in [0.1, 0.15) is 15.8 Å². The first-order valence-electron chi connectivity index (χ1n) is 7.71. The number of thioether (sulfide) groups is 1. The van der Waals surface area contributed by atoms with E-state index in [9.17, 15) is 9.59 Å². The largest absolute Gasteiger partial charge is 0.478 e. The second-order valence-electron chi connectivity index (χ2n) is 5.62. The van der Waals surface area contributed by atoms with Gasteiger partial charge < -0.3 is 9.52 Å². The van der Waals surface area contributed by atoms with Crippen LogP contribution in [0.2, 0.25) is 0 Å². The smallest absolute Gasteiger partial charge is 0.335 e. The summed E-state index contributed by atoms with van der Waals surface area (Å²) in [5, 5.41) is 9.05. The Hall–Kier alpha value is -2.64. The summed E-state index contributed by atoms with van der Waals surface area (Å²) in [5.41, 5.74) is 1.82. The van der Waals surface area contributed by atoms with Gasteiger partial charge in [0.2, 0.25) is 0 Å². The number of hydrogen-bond donors (Lipinski definition) is 1. The molecule has 26 heavy (non-hydrogen) atoms. The average molecular weight is 385 g/mol. The number of aryl methyl sites for hydroxylation is 1. The number of hydrogen-bond acceptors (Lipinski definition) is 5. The number of furan rings is 1. The Bertz CT molecular complexity index is 958. The standard InChI is InChI=1S/C19H15NO4S2/c1-3-8-20-17(21)16(26-19(20)25)10-13-5-7-15(24-13)14-6-4-12(18(22)23)9-11(14)2/h3-7,9-10H,1,8H2,2H3,(H,22,23)/b16-10+. The zero-order chi connectivity index (χ0) is 18.8. The number of carboxylic acid groups (broad SMARTS) is 1. The molecule has 7 heteroatoms. The lowest BCUT2D eigenvalue weighted by Crippen LogP contribution is -2.27. The maximum absolute atomic E-state index is 12.3. The average Bonchev–Trinajstić information content (AvgIpc) is 3.15. The molecule has 1 aliphatic rings. The number of benzene rings is 1. The zero-order valence-corrected chi connectivity index (χ0v) is 15.5. The molecule has 132 valence electrons. The Kier molecular flexibility index (Phi) is 5.11. The van der Waals surface area contributed by atoms with E-state index in [0.29, 0.717) is 27.3 Å². The van der Waals surface area contributed by atoms with Crippen molar-refractivity contribution in [1.82, 2.24) is 4.90 Å². The first-order valence-corrected chi connectivity index (χ1v) is 8.93. The highest BCUT2D eigenvalue weighted by molar-refractivity contribution is 8.26. The third-order valence-corrected chi connectivity index (χ3v) is 5.20. The van der Waals surface area contributed by atoms with E-state index in [1.165, 1.54) is 22.7 Å². The molecule has 1 amide bonds. The van der Waals surface area contributed by atoms with E-state index in [1.807, 2.05) is 6.92 Å². The normalized spacial score (nSPS) is 15.7. The summed E-state index contributed by atoms with van der Waals surface area (Å²) < 4.78 is 6.31. The van der Waals surface area contributed by atoms with E-state index in [2.05, 4.69) is 6.58 Å². The van der Waals surface area contributed by atoms with E-state index >= 15 is 0 Å². The van der Waals surface area contributed by atoms with Crippen molar-refractivity contribution >= 4 is 46.3 Å². The summed E-state index contributed by atoms with van der Waals surface area (Å²) in [7, 11) is 0. The summed E-state index contributed by atoms with van der Waals surface area (Å²) >= 11 is 6.44. The molecular weight excluding hydrogens is 370 g/mol. The Morgan fingerprint density at radius 3 is 2.81 bits per heavy atom. The van der Waals surface area contributed by atoms with Crippen LogP contribution in [0.1, 0.15) is 21.7 Å². The first kappa shape index (κ1) is 18.2. The summed E-state index contributed by atoms with van der Waals surface area (Å²) in [5.74, 6) is -0.00532. The lowest BCUT2D eigenvalue weighted by Gasteiger charge is -2.10. The van der Waals surface area contributed by atoms with Crippen molar-refractivity contribution < 1.29 is 19.1 Å². The molecule has 0 bridgehead atoms. The molecule has 2 heterocycles. The van der Waals surface area contributed by atoms with E-state index in [0.717, 1.165) is 11.1 Å². The molecule has 0 saturated carbocycles. The number of amides is 1. The minimum Gasteiger partial charge on any atom is -0.478 e. The van der Waals surface area contributed by atoms with Gasteiger partial charge in [0.15, 0.2) is 0 Å². The van der Waals surface area contributed by atoms with Crippen LogP contribution >= 0.6 is 24.0 Å². The highest BCUT2D eigenvalue weighted by atomic mass is 32.2. The zero-order valence-electron chi connectivity index (χ0n) is 13.9. The molecule has 5 nitrogen and oxygen atoms in total. The van der Waals surface area contributed by atoms with Crippen LogP contribution in [0, 0.1) is 6.92 Å². The van der Waals surface area contributed by atoms with E-state index in [4.69, 9.17) is 21.7 Å². The molecule has 0 radical (unpaired) electrons. The molecule has 1 aliphatic heterocycles. The molecular formula is C19H15NO4S2. The first-order chi connectivity index (χ1) is 12.4. The van der Waals surface area contributed by atoms with Crippen molar-refractivity contribution in [2.24, 2.45) is 0 Å². The molecule has 1 aromatic carbocycles. The predicted molar refractivity (Wildman–Crippen MR) is 106 cm³/mol. The number of carboxylic acids is 1. The van der Waals surface area contributed by atoms with Gasteiger partial charge in [-0.3, -0.25) is 9.69 Å². The molecule has 0 aliphatic carbocycles. The lowest BCUT2D eigenvalue weighted by atomic mass is 10.0. The SMILES string of the molecule is C=CCN1C(=O)/C(=C\c2ccc(-c3ccc(C(=O)O)cc3C)o2)SC1=S. The lowest BCUT2D eigenvalue weighted by molar-refractivity contribution is -0.121. The maximum Gasteiger partial charge on any atom is 0.335 e. The molecule has 3 rings (SSSR count). The highest BCUT2D eigenvalue weighted by Gasteiger charge is 2.31. The summed E-state index contributed by atoms with van der Waals surface area (Å²) in [4.78, 5) is 25.4. The van der Waals surface area contributed by atoms with Crippen molar-refractivity contribution in [2.45, 2.75) is 6.92 Å². The number of rotatable bonds is 5. The van der Waals surface area contributed by atoms with E-state index in [1.54, 1.807) is 36.4 Å². The number of carbonyl (C=O) groups excluding carboxylic acids is 1. The van der Waals surface area contributed by atoms with Crippen LogP contribution in [0.4, 0.5) is 0 Å². The highest BCUT2D eigenvalue weighted by Crippen LogP contribution is 2.34. The number of nitrogens with zero attached hydrogens (tertiary/aromatic N) is 1. The minimum atomic E-state index is -0.971. The third-order valence-electron chi connectivity index (χ3n) is 3.82. The fourth-order valence-corrected chi connectivity index (χ4v) is 3.82. The molecule has 0 unspecified atom stereocenters. The van der Waals surface area contributed by atoms with Crippen LogP contribution in [0.25, 0.3) is 17.4 Å². The van der Waals surface area contributed by atoms with Gasteiger partial charge in [0.05, 0.1) is 10.5 Å². The molecule has 1 saturated heterocycles. The number of aromatic carboxylic acids is 1. The van der Waals surface area contributed by atoms with Gasteiger partial charge >= 0.3 is 5.97 Å².